The molecule has 13 heteroatoms. The third kappa shape index (κ3) is 31.6. The van der Waals surface area contributed by atoms with Crippen molar-refractivity contribution in [2.24, 2.45) is 0 Å². The number of rotatable bonds is 37. The van der Waals surface area contributed by atoms with E-state index >= 15 is 0 Å². The summed E-state index contributed by atoms with van der Waals surface area (Å²) in [5, 5.41) is 50.2. The van der Waals surface area contributed by atoms with Gasteiger partial charge in [0.25, 0.3) is 0 Å². The van der Waals surface area contributed by atoms with Gasteiger partial charge in [-0.1, -0.05) is 155 Å². The van der Waals surface area contributed by atoms with Crippen LogP contribution >= 0.6 is 7.82 Å². The molecule has 0 spiro atoms. The van der Waals surface area contributed by atoms with E-state index in [0.717, 1.165) is 96.3 Å². The van der Waals surface area contributed by atoms with Gasteiger partial charge in [0.1, 0.15) is 42.7 Å². The standard InChI is InChI=1S/C51H81O12P/c1-3-5-7-9-11-13-15-17-19-21-23-24-26-28-30-32-34-36-38-40-45(52)62-44(43-61-64(58,59)63-51-49(56)47(54)46(53)48(55)50(51)57)42-60-41-39-37-35-33-31-29-27-25-22-20-18-16-14-12-10-8-6-4-2/h5-8,11-14,17-20,23-25,27-28,30,34,36,44,46-51,53-57H,3-4,9-10,15-16,21-22,26,29,31-33,35,37-43H2,1-2H3,(H,58,59)/b7-5-,8-6-,13-11-,14-12-,19-17-,20-18-,24-23-,27-25-,30-28-,36-34-. The minimum absolute atomic E-state index is 0.0471. The molecule has 1 fully saturated rings. The van der Waals surface area contributed by atoms with E-state index in [4.69, 9.17) is 18.5 Å². The first kappa shape index (κ1) is 58.8. The molecule has 0 aromatic rings. The van der Waals surface area contributed by atoms with Gasteiger partial charge in [0, 0.05) is 13.0 Å². The Morgan fingerprint density at radius 2 is 0.875 bits per heavy atom. The summed E-state index contributed by atoms with van der Waals surface area (Å²) in [7, 11) is -5.06. The molecule has 1 aliphatic carbocycles. The molecule has 6 atom stereocenters. The maximum absolute atomic E-state index is 12.8. The maximum Gasteiger partial charge on any atom is 0.472 e. The van der Waals surface area contributed by atoms with Gasteiger partial charge in [0.15, 0.2) is 0 Å². The fourth-order valence-corrected chi connectivity index (χ4v) is 7.17. The molecule has 1 saturated carbocycles. The fourth-order valence-electron chi connectivity index (χ4n) is 6.19. The molecule has 0 bridgehead atoms. The first-order valence-corrected chi connectivity index (χ1v) is 24.9. The van der Waals surface area contributed by atoms with Crippen molar-refractivity contribution < 1.29 is 58.3 Å². The molecule has 1 rings (SSSR count). The first-order valence-electron chi connectivity index (χ1n) is 23.4. The average Bonchev–Trinajstić information content (AvgIpc) is 3.28. The van der Waals surface area contributed by atoms with Crippen LogP contribution in [0.25, 0.3) is 0 Å². The van der Waals surface area contributed by atoms with Crippen molar-refractivity contribution in [3.63, 3.8) is 0 Å². The molecular formula is C51H81O12P. The molecule has 0 radical (unpaired) electrons. The Balaban J connectivity index is 2.48. The number of ether oxygens (including phenoxy) is 2. The summed E-state index contributed by atoms with van der Waals surface area (Å²) in [5.74, 6) is -0.572. The summed E-state index contributed by atoms with van der Waals surface area (Å²) in [6.45, 7) is 3.88. The summed E-state index contributed by atoms with van der Waals surface area (Å²) in [6.07, 6.45) is 45.6. The zero-order valence-electron chi connectivity index (χ0n) is 38.5. The zero-order chi connectivity index (χ0) is 46.9. The van der Waals surface area contributed by atoms with Crippen LogP contribution in [-0.2, 0) is 27.9 Å². The normalized spacial score (nSPS) is 22.8. The molecule has 362 valence electrons. The number of esters is 1. The van der Waals surface area contributed by atoms with E-state index in [0.29, 0.717) is 19.4 Å². The zero-order valence-corrected chi connectivity index (χ0v) is 39.4. The van der Waals surface area contributed by atoms with E-state index in [1.54, 1.807) is 0 Å². The Bertz CT molecular complexity index is 1510. The van der Waals surface area contributed by atoms with Gasteiger partial charge in [-0.05, 0) is 89.9 Å². The van der Waals surface area contributed by atoms with Gasteiger partial charge in [-0.15, -0.1) is 0 Å². The number of hydrogen-bond donors (Lipinski definition) is 6. The Morgan fingerprint density at radius 3 is 1.33 bits per heavy atom. The summed E-state index contributed by atoms with van der Waals surface area (Å²) >= 11 is 0. The topological polar surface area (TPSA) is 192 Å². The lowest BCUT2D eigenvalue weighted by atomic mass is 9.85. The number of unbranched alkanes of at least 4 members (excludes halogenated alkanes) is 5. The van der Waals surface area contributed by atoms with Gasteiger partial charge in [0.2, 0.25) is 0 Å². The molecule has 0 aromatic heterocycles. The molecule has 0 aliphatic heterocycles. The first-order chi connectivity index (χ1) is 31.0. The molecule has 6 N–H and O–H groups in total. The number of phosphoric ester groups is 1. The maximum atomic E-state index is 12.8. The average molecular weight is 917 g/mol. The molecule has 0 saturated heterocycles. The van der Waals surface area contributed by atoms with Crippen LogP contribution in [0.15, 0.2) is 122 Å². The lowest BCUT2D eigenvalue weighted by molar-refractivity contribution is -0.220. The van der Waals surface area contributed by atoms with Crippen LogP contribution in [0.1, 0.15) is 129 Å². The van der Waals surface area contributed by atoms with Crippen molar-refractivity contribution in [3.05, 3.63) is 122 Å². The lowest BCUT2D eigenvalue weighted by Crippen LogP contribution is -2.64. The van der Waals surface area contributed by atoms with E-state index in [2.05, 4.69) is 123 Å². The van der Waals surface area contributed by atoms with Gasteiger partial charge in [-0.2, -0.15) is 0 Å². The van der Waals surface area contributed by atoms with Crippen LogP contribution in [0.3, 0.4) is 0 Å². The molecule has 64 heavy (non-hydrogen) atoms. The highest BCUT2D eigenvalue weighted by atomic mass is 31.2. The number of aliphatic hydroxyl groups excluding tert-OH is 5. The van der Waals surface area contributed by atoms with E-state index in [9.17, 15) is 39.8 Å². The fraction of sp³-hybridized carbons (Fsp3) is 0.588. The van der Waals surface area contributed by atoms with Crippen molar-refractivity contribution >= 4 is 13.8 Å². The van der Waals surface area contributed by atoms with Crippen LogP contribution < -0.4 is 0 Å². The van der Waals surface area contributed by atoms with Gasteiger partial charge < -0.3 is 39.9 Å². The Morgan fingerprint density at radius 1 is 0.500 bits per heavy atom. The van der Waals surface area contributed by atoms with E-state index < -0.39 is 63.1 Å². The van der Waals surface area contributed by atoms with Gasteiger partial charge in [-0.25, -0.2) is 4.57 Å². The molecule has 1 aliphatic rings. The second-order valence-electron chi connectivity index (χ2n) is 15.5. The van der Waals surface area contributed by atoms with Crippen molar-refractivity contribution in [2.75, 3.05) is 19.8 Å². The Hall–Kier alpha value is -3.26. The van der Waals surface area contributed by atoms with E-state index in [1.165, 1.54) is 0 Å². The van der Waals surface area contributed by atoms with Crippen molar-refractivity contribution in [3.8, 4) is 0 Å². The van der Waals surface area contributed by atoms with Crippen molar-refractivity contribution in [1.29, 1.82) is 0 Å². The minimum Gasteiger partial charge on any atom is -0.457 e. The molecule has 12 nitrogen and oxygen atoms in total. The highest BCUT2D eigenvalue weighted by Gasteiger charge is 2.51. The second-order valence-corrected chi connectivity index (χ2v) is 16.9. The van der Waals surface area contributed by atoms with Crippen LogP contribution in [0.4, 0.5) is 0 Å². The predicted octanol–water partition coefficient (Wildman–Crippen LogP) is 9.86. The highest BCUT2D eigenvalue weighted by molar-refractivity contribution is 7.47. The number of hydrogen-bond acceptors (Lipinski definition) is 11. The van der Waals surface area contributed by atoms with Gasteiger partial charge in [-0.3, -0.25) is 13.8 Å². The van der Waals surface area contributed by atoms with Crippen molar-refractivity contribution in [2.45, 2.75) is 172 Å². The highest BCUT2D eigenvalue weighted by Crippen LogP contribution is 2.47. The third-order valence-corrected chi connectivity index (χ3v) is 10.8. The monoisotopic (exact) mass is 917 g/mol. The summed E-state index contributed by atoms with van der Waals surface area (Å²) in [4.78, 5) is 23.1. The SMILES string of the molecule is CC/C=C\C/C=C\C/C=C\C/C=C\C/C=C\C/C=C\CCC(=O)OC(COCCCCCCC/C=C\C/C=C\C/C=C\C/C=C\CC)COP(=O)(O)OC1C(O)C(O)C(O)C(O)C1O. The predicted molar refractivity (Wildman–Crippen MR) is 257 cm³/mol. The molecular weight excluding hydrogens is 836 g/mol. The number of phosphoric acid groups is 1. The summed E-state index contributed by atoms with van der Waals surface area (Å²) in [5.41, 5.74) is 0. The molecule has 0 aromatic carbocycles. The van der Waals surface area contributed by atoms with Crippen LogP contribution in [0, 0.1) is 0 Å². The Labute approximate surface area is 384 Å². The van der Waals surface area contributed by atoms with Crippen LogP contribution in [0.5, 0.6) is 0 Å². The van der Waals surface area contributed by atoms with Gasteiger partial charge >= 0.3 is 13.8 Å². The Kier molecular flexibility index (Phi) is 36.8. The molecule has 0 amide bonds. The number of carbonyl (C=O) groups excluding carboxylic acids is 1. The quantitative estimate of drug-likeness (QED) is 0.0150. The van der Waals surface area contributed by atoms with Gasteiger partial charge in [0.05, 0.1) is 13.2 Å². The van der Waals surface area contributed by atoms with E-state index in [1.807, 2.05) is 12.2 Å². The number of aliphatic hydroxyl groups is 5. The molecule has 6 unspecified atom stereocenters. The smallest absolute Gasteiger partial charge is 0.457 e. The minimum atomic E-state index is -5.06. The number of allylic oxidation sites excluding steroid dienone is 20. The van der Waals surface area contributed by atoms with Crippen molar-refractivity contribution in [1.82, 2.24) is 0 Å². The van der Waals surface area contributed by atoms with Crippen LogP contribution in [0.2, 0.25) is 0 Å². The second kappa shape index (κ2) is 40.1. The molecule has 0 heterocycles. The third-order valence-electron chi connectivity index (χ3n) is 9.84. The lowest BCUT2D eigenvalue weighted by Gasteiger charge is -2.41. The van der Waals surface area contributed by atoms with E-state index in [-0.39, 0.29) is 13.0 Å². The number of carbonyl (C=O) groups is 1. The summed E-state index contributed by atoms with van der Waals surface area (Å²) < 4.78 is 34.1. The summed E-state index contributed by atoms with van der Waals surface area (Å²) in [6, 6.07) is 0. The largest absolute Gasteiger partial charge is 0.472 e. The van der Waals surface area contributed by atoms with Crippen LogP contribution in [-0.4, -0.2) is 98.9 Å².